The number of halogens is 1. The summed E-state index contributed by atoms with van der Waals surface area (Å²) in [5.74, 6) is -0.0324. The Morgan fingerprint density at radius 3 is 3.00 bits per heavy atom. The fourth-order valence-electron chi connectivity index (χ4n) is 1.34. The predicted octanol–water partition coefficient (Wildman–Crippen LogP) is 1.88. The summed E-state index contributed by atoms with van der Waals surface area (Å²) in [4.78, 5) is 15.3. The molecule has 0 saturated carbocycles. The molecule has 72 valence electrons. The first kappa shape index (κ1) is 9.21. The number of rotatable bonds is 1. The topological polar surface area (TPSA) is 60.4 Å². The van der Waals surface area contributed by atoms with E-state index in [9.17, 15) is 4.79 Å². The number of imidazole rings is 1. The van der Waals surface area contributed by atoms with E-state index in [1.165, 1.54) is 13.1 Å². The number of nitrogen functional groups attached to an aromatic ring is 1. The van der Waals surface area contributed by atoms with E-state index >= 15 is 0 Å². The molecular formula is C9H8BrN3O. The number of hydrogen-bond donors (Lipinski definition) is 1. The average molecular weight is 254 g/mol. The van der Waals surface area contributed by atoms with Crippen LogP contribution in [-0.2, 0) is 0 Å². The number of aromatic nitrogens is 2. The van der Waals surface area contributed by atoms with Gasteiger partial charge in [0.05, 0.1) is 11.9 Å². The normalized spacial score (nSPS) is 10.7. The summed E-state index contributed by atoms with van der Waals surface area (Å²) >= 11 is 3.31. The van der Waals surface area contributed by atoms with Crippen LogP contribution in [0.15, 0.2) is 22.9 Å². The van der Waals surface area contributed by atoms with E-state index in [2.05, 4.69) is 20.9 Å². The smallest absolute Gasteiger partial charge is 0.178 e. The Labute approximate surface area is 88.9 Å². The summed E-state index contributed by atoms with van der Waals surface area (Å²) in [6.45, 7) is 1.50. The van der Waals surface area contributed by atoms with Crippen molar-refractivity contribution in [3.8, 4) is 0 Å². The molecule has 2 aromatic heterocycles. The van der Waals surface area contributed by atoms with Gasteiger partial charge in [-0.1, -0.05) is 0 Å². The third-order valence-electron chi connectivity index (χ3n) is 1.96. The quantitative estimate of drug-likeness (QED) is 0.790. The minimum absolute atomic E-state index is 0.0324. The Hall–Kier alpha value is -1.36. The largest absolute Gasteiger partial charge is 0.396 e. The molecule has 0 radical (unpaired) electrons. The maximum atomic E-state index is 11.2. The summed E-state index contributed by atoms with van der Waals surface area (Å²) in [6.07, 6.45) is 3.30. The van der Waals surface area contributed by atoms with Crippen LogP contribution in [0.4, 0.5) is 5.69 Å². The van der Waals surface area contributed by atoms with Crippen molar-refractivity contribution >= 4 is 33.0 Å². The highest BCUT2D eigenvalue weighted by atomic mass is 79.9. The van der Waals surface area contributed by atoms with Crippen LogP contribution < -0.4 is 5.73 Å². The van der Waals surface area contributed by atoms with Crippen LogP contribution >= 0.6 is 15.9 Å². The lowest BCUT2D eigenvalue weighted by Crippen LogP contribution is -2.00. The molecule has 0 unspecified atom stereocenters. The summed E-state index contributed by atoms with van der Waals surface area (Å²) in [5, 5.41) is 0. The van der Waals surface area contributed by atoms with Crippen molar-refractivity contribution < 1.29 is 4.79 Å². The van der Waals surface area contributed by atoms with E-state index in [0.717, 1.165) is 4.47 Å². The number of Topliss-reactive ketones (excluding diaryl/α,β-unsaturated/α-hetero) is 1. The number of nitrogens with zero attached hydrogens (tertiary/aromatic N) is 2. The number of nitrogens with two attached hydrogens (primary N) is 1. The maximum absolute atomic E-state index is 11.2. The maximum Gasteiger partial charge on any atom is 0.178 e. The lowest BCUT2D eigenvalue weighted by atomic mass is 10.3. The zero-order chi connectivity index (χ0) is 10.3. The number of carbonyl (C=O) groups is 1. The van der Waals surface area contributed by atoms with Crippen LogP contribution in [0.5, 0.6) is 0 Å². The number of pyridine rings is 1. The number of fused-ring (bicyclic) bond motifs is 1. The van der Waals surface area contributed by atoms with Gasteiger partial charge in [-0.15, -0.1) is 0 Å². The summed E-state index contributed by atoms with van der Waals surface area (Å²) in [5.41, 5.74) is 7.44. The van der Waals surface area contributed by atoms with Gasteiger partial charge in [0.15, 0.2) is 11.4 Å². The highest BCUT2D eigenvalue weighted by molar-refractivity contribution is 9.10. The Morgan fingerprint density at radius 1 is 1.64 bits per heavy atom. The minimum atomic E-state index is -0.0324. The fraction of sp³-hybridized carbons (Fsp3) is 0.111. The van der Waals surface area contributed by atoms with Crippen molar-refractivity contribution in [3.63, 3.8) is 0 Å². The minimum Gasteiger partial charge on any atom is -0.396 e. The van der Waals surface area contributed by atoms with Crippen LogP contribution in [0.2, 0.25) is 0 Å². The molecule has 5 heteroatoms. The highest BCUT2D eigenvalue weighted by Gasteiger charge is 2.09. The molecule has 4 nitrogen and oxygen atoms in total. The third kappa shape index (κ3) is 1.29. The van der Waals surface area contributed by atoms with Gasteiger partial charge in [-0.3, -0.25) is 9.20 Å². The van der Waals surface area contributed by atoms with Gasteiger partial charge in [0.2, 0.25) is 0 Å². The average Bonchev–Trinajstić information content (AvgIpc) is 2.47. The summed E-state index contributed by atoms with van der Waals surface area (Å²) in [7, 11) is 0. The lowest BCUT2D eigenvalue weighted by molar-refractivity contribution is 0.101. The van der Waals surface area contributed by atoms with Gasteiger partial charge in [0.25, 0.3) is 0 Å². The number of anilines is 1. The zero-order valence-corrected chi connectivity index (χ0v) is 9.08. The van der Waals surface area contributed by atoms with Crippen molar-refractivity contribution in [3.05, 3.63) is 28.6 Å². The molecule has 0 aliphatic heterocycles. The van der Waals surface area contributed by atoms with E-state index in [0.29, 0.717) is 17.0 Å². The van der Waals surface area contributed by atoms with Crippen molar-refractivity contribution in [1.29, 1.82) is 0 Å². The van der Waals surface area contributed by atoms with Crippen LogP contribution in [0.3, 0.4) is 0 Å². The molecule has 2 aromatic rings. The van der Waals surface area contributed by atoms with Crippen molar-refractivity contribution in [2.75, 3.05) is 5.73 Å². The molecule has 0 aliphatic rings. The first-order valence-corrected chi connectivity index (χ1v) is 4.82. The van der Waals surface area contributed by atoms with Crippen LogP contribution in [0.25, 0.3) is 5.65 Å². The van der Waals surface area contributed by atoms with Crippen LogP contribution in [0.1, 0.15) is 17.4 Å². The Morgan fingerprint density at radius 2 is 2.36 bits per heavy atom. The molecule has 0 saturated heterocycles. The van der Waals surface area contributed by atoms with Crippen molar-refractivity contribution in [1.82, 2.24) is 9.38 Å². The monoisotopic (exact) mass is 253 g/mol. The molecule has 0 bridgehead atoms. The first-order chi connectivity index (χ1) is 6.59. The molecule has 0 spiro atoms. The number of ketones is 1. The van der Waals surface area contributed by atoms with Gasteiger partial charge in [0.1, 0.15) is 5.69 Å². The van der Waals surface area contributed by atoms with Gasteiger partial charge in [-0.05, 0) is 22.0 Å². The lowest BCUT2D eigenvalue weighted by Gasteiger charge is -2.01. The van der Waals surface area contributed by atoms with Gasteiger partial charge < -0.3 is 5.73 Å². The van der Waals surface area contributed by atoms with Crippen molar-refractivity contribution in [2.45, 2.75) is 6.92 Å². The SMILES string of the molecule is CC(=O)c1cnc2c(N)cc(Br)cn12. The highest BCUT2D eigenvalue weighted by Crippen LogP contribution is 2.20. The summed E-state index contributed by atoms with van der Waals surface area (Å²) in [6, 6.07) is 1.76. The molecule has 14 heavy (non-hydrogen) atoms. The molecule has 2 heterocycles. The summed E-state index contributed by atoms with van der Waals surface area (Å²) < 4.78 is 2.50. The van der Waals surface area contributed by atoms with Gasteiger partial charge in [-0.2, -0.15) is 0 Å². The standard InChI is InChI=1S/C9H8BrN3O/c1-5(14)8-3-12-9-7(11)2-6(10)4-13(8)9/h2-4H,11H2,1H3. The molecule has 0 atom stereocenters. The van der Waals surface area contributed by atoms with Crippen LogP contribution in [-0.4, -0.2) is 15.2 Å². The molecule has 0 aromatic carbocycles. The van der Waals surface area contributed by atoms with Crippen molar-refractivity contribution in [2.24, 2.45) is 0 Å². The second-order valence-electron chi connectivity index (χ2n) is 3.01. The van der Waals surface area contributed by atoms with Gasteiger partial charge >= 0.3 is 0 Å². The Bertz CT molecular complexity index is 518. The second-order valence-corrected chi connectivity index (χ2v) is 3.92. The fourth-order valence-corrected chi connectivity index (χ4v) is 1.79. The number of carbonyl (C=O) groups excluding carboxylic acids is 1. The van der Waals surface area contributed by atoms with Gasteiger partial charge in [0, 0.05) is 17.6 Å². The molecule has 0 fully saturated rings. The Balaban J connectivity index is 2.85. The first-order valence-electron chi connectivity index (χ1n) is 4.02. The molecule has 0 aliphatic carbocycles. The van der Waals surface area contributed by atoms with E-state index in [1.807, 2.05) is 0 Å². The predicted molar refractivity (Wildman–Crippen MR) is 57.3 cm³/mol. The number of hydrogen-bond acceptors (Lipinski definition) is 3. The third-order valence-corrected chi connectivity index (χ3v) is 2.40. The van der Waals surface area contributed by atoms with Gasteiger partial charge in [-0.25, -0.2) is 4.98 Å². The molecular weight excluding hydrogens is 246 g/mol. The van der Waals surface area contributed by atoms with Crippen LogP contribution in [0, 0.1) is 0 Å². The Kier molecular flexibility index (Phi) is 2.03. The second kappa shape index (κ2) is 3.09. The van der Waals surface area contributed by atoms with E-state index in [4.69, 9.17) is 5.73 Å². The van der Waals surface area contributed by atoms with E-state index in [1.54, 1.807) is 16.7 Å². The van der Waals surface area contributed by atoms with E-state index in [-0.39, 0.29) is 5.78 Å². The molecule has 2 N–H and O–H groups in total. The van der Waals surface area contributed by atoms with E-state index < -0.39 is 0 Å². The molecule has 2 rings (SSSR count). The zero-order valence-electron chi connectivity index (χ0n) is 7.49. The molecule has 0 amide bonds.